The number of aryl methyl sites for hydroxylation is 1. The molecule has 1 aromatic heterocycles. The van der Waals surface area contributed by atoms with Crippen LogP contribution >= 0.6 is 0 Å². The molecule has 0 bridgehead atoms. The fourth-order valence-corrected chi connectivity index (χ4v) is 3.66. The number of carbonyl (C=O) groups is 1. The molecule has 7 nitrogen and oxygen atoms in total. The minimum absolute atomic E-state index is 0.0651. The summed E-state index contributed by atoms with van der Waals surface area (Å²) in [6, 6.07) is 15.2. The molecule has 0 aliphatic carbocycles. The Balaban J connectivity index is 1.34. The van der Waals surface area contributed by atoms with Crippen molar-refractivity contribution in [3.8, 4) is 5.75 Å². The van der Waals surface area contributed by atoms with Crippen LogP contribution in [0.5, 0.6) is 5.75 Å². The summed E-state index contributed by atoms with van der Waals surface area (Å²) in [7, 11) is 1.66. The van der Waals surface area contributed by atoms with E-state index >= 15 is 0 Å². The SMILES string of the molecule is COc1cccc(N2CCN(C(=O)CCn3cnc4ccccc4c3=O)CC2)c1. The zero-order valence-electron chi connectivity index (χ0n) is 16.5. The van der Waals surface area contributed by atoms with Gasteiger partial charge in [-0.1, -0.05) is 18.2 Å². The number of piperazine rings is 1. The maximum atomic E-state index is 12.6. The van der Waals surface area contributed by atoms with Gasteiger partial charge in [0, 0.05) is 50.9 Å². The molecule has 0 unspecified atom stereocenters. The highest BCUT2D eigenvalue weighted by Crippen LogP contribution is 2.22. The van der Waals surface area contributed by atoms with Gasteiger partial charge < -0.3 is 14.5 Å². The highest BCUT2D eigenvalue weighted by molar-refractivity contribution is 5.78. The van der Waals surface area contributed by atoms with Crippen LogP contribution in [0.1, 0.15) is 6.42 Å². The molecule has 0 radical (unpaired) electrons. The normalized spacial score (nSPS) is 14.2. The minimum atomic E-state index is -0.105. The van der Waals surface area contributed by atoms with Crippen molar-refractivity contribution >= 4 is 22.5 Å². The standard InChI is InChI=1S/C22H24N4O3/c1-29-18-6-4-5-17(15-18)24-11-13-25(14-12-24)21(27)9-10-26-16-23-20-8-3-2-7-19(20)22(26)28/h2-8,15-16H,9-14H2,1H3. The van der Waals surface area contributed by atoms with E-state index in [4.69, 9.17) is 4.74 Å². The van der Waals surface area contributed by atoms with Crippen LogP contribution < -0.4 is 15.2 Å². The molecule has 0 spiro atoms. The van der Waals surface area contributed by atoms with Crippen molar-refractivity contribution in [3.63, 3.8) is 0 Å². The van der Waals surface area contributed by atoms with Gasteiger partial charge in [-0.05, 0) is 24.3 Å². The second-order valence-corrected chi connectivity index (χ2v) is 7.08. The molecule has 1 aliphatic heterocycles. The van der Waals surface area contributed by atoms with E-state index in [1.54, 1.807) is 13.2 Å². The van der Waals surface area contributed by atoms with E-state index in [1.165, 1.54) is 10.9 Å². The highest BCUT2D eigenvalue weighted by atomic mass is 16.5. The first-order valence-corrected chi connectivity index (χ1v) is 9.76. The first kappa shape index (κ1) is 19.0. The lowest BCUT2D eigenvalue weighted by Gasteiger charge is -2.36. The second kappa shape index (κ2) is 8.34. The lowest BCUT2D eigenvalue weighted by Crippen LogP contribution is -2.49. The molecule has 29 heavy (non-hydrogen) atoms. The number of hydrogen-bond acceptors (Lipinski definition) is 5. The summed E-state index contributed by atoms with van der Waals surface area (Å²) in [6.45, 7) is 3.22. The van der Waals surface area contributed by atoms with Crippen LogP contribution in [0.25, 0.3) is 10.9 Å². The topological polar surface area (TPSA) is 67.7 Å². The number of hydrogen-bond donors (Lipinski definition) is 0. The second-order valence-electron chi connectivity index (χ2n) is 7.08. The molecule has 2 heterocycles. The Kier molecular flexibility index (Phi) is 5.46. The summed E-state index contributed by atoms with van der Waals surface area (Å²) in [6.07, 6.45) is 1.82. The highest BCUT2D eigenvalue weighted by Gasteiger charge is 2.21. The number of benzene rings is 2. The third-order valence-corrected chi connectivity index (χ3v) is 5.35. The molecule has 1 fully saturated rings. The summed E-state index contributed by atoms with van der Waals surface area (Å²) in [5, 5.41) is 0.578. The summed E-state index contributed by atoms with van der Waals surface area (Å²) >= 11 is 0. The quantitative estimate of drug-likeness (QED) is 0.666. The third-order valence-electron chi connectivity index (χ3n) is 5.35. The van der Waals surface area contributed by atoms with Crippen LogP contribution in [-0.4, -0.2) is 53.6 Å². The van der Waals surface area contributed by atoms with Crippen molar-refractivity contribution in [2.75, 3.05) is 38.2 Å². The fraction of sp³-hybridized carbons (Fsp3) is 0.318. The van der Waals surface area contributed by atoms with Gasteiger partial charge in [0.15, 0.2) is 0 Å². The Hall–Kier alpha value is -3.35. The predicted molar refractivity (Wildman–Crippen MR) is 112 cm³/mol. The molecule has 3 aromatic rings. The van der Waals surface area contributed by atoms with E-state index in [0.717, 1.165) is 24.5 Å². The maximum absolute atomic E-state index is 12.6. The van der Waals surface area contributed by atoms with Gasteiger partial charge in [-0.3, -0.25) is 14.2 Å². The van der Waals surface area contributed by atoms with Crippen LogP contribution in [0.3, 0.4) is 0 Å². The first-order chi connectivity index (χ1) is 14.2. The lowest BCUT2D eigenvalue weighted by molar-refractivity contribution is -0.131. The van der Waals surface area contributed by atoms with Gasteiger partial charge in [0.05, 0.1) is 24.3 Å². The third kappa shape index (κ3) is 4.08. The average Bonchev–Trinajstić information content (AvgIpc) is 2.79. The number of fused-ring (bicyclic) bond motifs is 1. The van der Waals surface area contributed by atoms with Gasteiger partial charge in [-0.2, -0.15) is 0 Å². The fourth-order valence-electron chi connectivity index (χ4n) is 3.66. The van der Waals surface area contributed by atoms with Gasteiger partial charge in [0.25, 0.3) is 5.56 Å². The molecule has 7 heteroatoms. The molecule has 0 N–H and O–H groups in total. The number of anilines is 1. The van der Waals surface area contributed by atoms with Crippen molar-refractivity contribution in [2.45, 2.75) is 13.0 Å². The zero-order valence-corrected chi connectivity index (χ0v) is 16.5. The number of methoxy groups -OCH3 is 1. The van der Waals surface area contributed by atoms with E-state index in [2.05, 4.69) is 16.0 Å². The van der Waals surface area contributed by atoms with Crippen LogP contribution in [-0.2, 0) is 11.3 Å². The number of carbonyl (C=O) groups excluding carboxylic acids is 1. The van der Waals surface area contributed by atoms with Crippen molar-refractivity contribution in [3.05, 3.63) is 65.2 Å². The Morgan fingerprint density at radius 1 is 1.07 bits per heavy atom. The number of aromatic nitrogens is 2. The number of amides is 1. The van der Waals surface area contributed by atoms with Crippen molar-refractivity contribution < 1.29 is 9.53 Å². The molecular weight excluding hydrogens is 368 g/mol. The molecular formula is C22H24N4O3. The van der Waals surface area contributed by atoms with Crippen LogP contribution in [0.4, 0.5) is 5.69 Å². The summed E-state index contributed by atoms with van der Waals surface area (Å²) < 4.78 is 6.81. The van der Waals surface area contributed by atoms with Gasteiger partial charge in [0.1, 0.15) is 5.75 Å². The predicted octanol–water partition coefficient (Wildman–Crippen LogP) is 2.14. The van der Waals surface area contributed by atoms with Gasteiger partial charge >= 0.3 is 0 Å². The lowest BCUT2D eigenvalue weighted by atomic mass is 10.2. The molecule has 1 saturated heterocycles. The molecule has 2 aromatic carbocycles. The monoisotopic (exact) mass is 392 g/mol. The van der Waals surface area contributed by atoms with Gasteiger partial charge in [0.2, 0.25) is 5.91 Å². The van der Waals surface area contributed by atoms with E-state index in [0.29, 0.717) is 37.0 Å². The molecule has 4 rings (SSSR count). The summed E-state index contributed by atoms with van der Waals surface area (Å²) in [4.78, 5) is 33.6. The van der Waals surface area contributed by atoms with E-state index in [-0.39, 0.29) is 11.5 Å². The first-order valence-electron chi connectivity index (χ1n) is 9.76. The number of para-hydroxylation sites is 1. The smallest absolute Gasteiger partial charge is 0.261 e. The van der Waals surface area contributed by atoms with Gasteiger partial charge in [-0.25, -0.2) is 4.98 Å². The van der Waals surface area contributed by atoms with Crippen LogP contribution in [0, 0.1) is 0 Å². The Morgan fingerprint density at radius 2 is 1.86 bits per heavy atom. The van der Waals surface area contributed by atoms with E-state index in [1.807, 2.05) is 41.3 Å². The van der Waals surface area contributed by atoms with Crippen molar-refractivity contribution in [1.82, 2.24) is 14.5 Å². The van der Waals surface area contributed by atoms with E-state index in [9.17, 15) is 9.59 Å². The van der Waals surface area contributed by atoms with Crippen LogP contribution in [0.2, 0.25) is 0 Å². The number of ether oxygens (including phenoxy) is 1. The molecule has 1 aliphatic rings. The number of nitrogens with zero attached hydrogens (tertiary/aromatic N) is 4. The van der Waals surface area contributed by atoms with Crippen molar-refractivity contribution in [2.24, 2.45) is 0 Å². The van der Waals surface area contributed by atoms with E-state index < -0.39 is 0 Å². The molecule has 150 valence electrons. The minimum Gasteiger partial charge on any atom is -0.497 e. The molecule has 0 saturated carbocycles. The number of rotatable bonds is 5. The van der Waals surface area contributed by atoms with Gasteiger partial charge in [-0.15, -0.1) is 0 Å². The largest absolute Gasteiger partial charge is 0.497 e. The molecule has 0 atom stereocenters. The zero-order chi connectivity index (χ0) is 20.2. The molecule has 1 amide bonds. The summed E-state index contributed by atoms with van der Waals surface area (Å²) in [5.74, 6) is 0.894. The van der Waals surface area contributed by atoms with Crippen LogP contribution in [0.15, 0.2) is 59.7 Å². The maximum Gasteiger partial charge on any atom is 0.261 e. The summed E-state index contributed by atoms with van der Waals surface area (Å²) in [5.41, 5.74) is 1.67. The van der Waals surface area contributed by atoms with Crippen molar-refractivity contribution in [1.29, 1.82) is 0 Å². The Bertz CT molecular complexity index is 1070. The Labute approximate surface area is 169 Å². The Morgan fingerprint density at radius 3 is 2.66 bits per heavy atom. The average molecular weight is 392 g/mol.